The first-order chi connectivity index (χ1) is 12.0. The van der Waals surface area contributed by atoms with E-state index in [1.165, 1.54) is 9.70 Å². The van der Waals surface area contributed by atoms with Crippen LogP contribution >= 0.6 is 0 Å². The molecule has 0 N–H and O–H groups in total. The molecule has 0 bridgehead atoms. The molecule has 0 aliphatic carbocycles. The second-order valence-electron chi connectivity index (χ2n) is 5.77. The Balaban J connectivity index is 1.99. The molecular weight excluding hydrogens is 320 g/mol. The van der Waals surface area contributed by atoms with Crippen LogP contribution < -0.4 is 0 Å². The van der Waals surface area contributed by atoms with Crippen molar-refractivity contribution >= 4 is 11.8 Å². The summed E-state index contributed by atoms with van der Waals surface area (Å²) in [7, 11) is 1.60. The van der Waals surface area contributed by atoms with Crippen molar-refractivity contribution in [2.45, 2.75) is 27.3 Å². The van der Waals surface area contributed by atoms with Gasteiger partial charge in [-0.15, -0.1) is 10.2 Å². The minimum absolute atomic E-state index is 0.0415. The molecule has 1 aromatic carbocycles. The molecule has 2 rings (SSSR count). The van der Waals surface area contributed by atoms with E-state index in [2.05, 4.69) is 15.4 Å². The standard InChI is InChI=1S/C17H24N6O2/c1-5-22(6-2)16(25)11-21(4)15(24)12-23-19-17(18-20-23)14-10-8-7-9-13(14)3/h7-10H,5-6,11-12H2,1-4H3. The Hall–Kier alpha value is -2.77. The quantitative estimate of drug-likeness (QED) is 0.747. The van der Waals surface area contributed by atoms with Crippen LogP contribution in [0.2, 0.25) is 0 Å². The number of tetrazole rings is 1. The number of aryl methyl sites for hydroxylation is 1. The lowest BCUT2D eigenvalue weighted by Crippen LogP contribution is -2.42. The fraction of sp³-hybridized carbons (Fsp3) is 0.471. The van der Waals surface area contributed by atoms with Gasteiger partial charge in [-0.3, -0.25) is 9.59 Å². The van der Waals surface area contributed by atoms with E-state index in [4.69, 9.17) is 0 Å². The number of likely N-dealkylation sites (N-methyl/N-ethyl adjacent to an activating group) is 2. The minimum atomic E-state index is -0.241. The summed E-state index contributed by atoms with van der Waals surface area (Å²) >= 11 is 0. The third-order valence-electron chi connectivity index (χ3n) is 4.03. The predicted octanol–water partition coefficient (Wildman–Crippen LogP) is 0.975. The summed E-state index contributed by atoms with van der Waals surface area (Å²) < 4.78 is 0. The Morgan fingerprint density at radius 3 is 2.44 bits per heavy atom. The van der Waals surface area contributed by atoms with Crippen LogP contribution in [0.1, 0.15) is 19.4 Å². The molecule has 0 unspecified atom stereocenters. The maximum absolute atomic E-state index is 12.3. The van der Waals surface area contributed by atoms with Crippen LogP contribution in [0.4, 0.5) is 0 Å². The molecule has 0 saturated heterocycles. The zero-order valence-corrected chi connectivity index (χ0v) is 15.1. The first kappa shape index (κ1) is 18.6. The van der Waals surface area contributed by atoms with E-state index in [1.807, 2.05) is 45.0 Å². The van der Waals surface area contributed by atoms with E-state index in [-0.39, 0.29) is 24.9 Å². The summed E-state index contributed by atoms with van der Waals surface area (Å²) in [6.45, 7) is 7.03. The van der Waals surface area contributed by atoms with Crippen molar-refractivity contribution in [3.8, 4) is 11.4 Å². The van der Waals surface area contributed by atoms with E-state index in [0.29, 0.717) is 18.9 Å². The molecule has 0 aliphatic rings. The number of amides is 2. The smallest absolute Gasteiger partial charge is 0.246 e. The van der Waals surface area contributed by atoms with E-state index >= 15 is 0 Å². The minimum Gasteiger partial charge on any atom is -0.342 e. The Morgan fingerprint density at radius 2 is 1.80 bits per heavy atom. The van der Waals surface area contributed by atoms with Gasteiger partial charge in [0, 0.05) is 25.7 Å². The number of hydrogen-bond donors (Lipinski definition) is 0. The van der Waals surface area contributed by atoms with Gasteiger partial charge in [0.25, 0.3) is 0 Å². The number of carbonyl (C=O) groups excluding carboxylic acids is 2. The molecule has 1 aromatic heterocycles. The maximum atomic E-state index is 12.3. The van der Waals surface area contributed by atoms with Crippen molar-refractivity contribution < 1.29 is 9.59 Å². The van der Waals surface area contributed by atoms with Gasteiger partial charge in [0.1, 0.15) is 6.54 Å². The van der Waals surface area contributed by atoms with Crippen LogP contribution in [-0.4, -0.2) is 68.5 Å². The summed E-state index contributed by atoms with van der Waals surface area (Å²) in [5.41, 5.74) is 1.92. The number of benzene rings is 1. The van der Waals surface area contributed by atoms with Crippen LogP contribution in [0.15, 0.2) is 24.3 Å². The Morgan fingerprint density at radius 1 is 1.12 bits per heavy atom. The first-order valence-electron chi connectivity index (χ1n) is 8.31. The number of hydrogen-bond acceptors (Lipinski definition) is 5. The molecule has 0 aliphatic heterocycles. The van der Waals surface area contributed by atoms with Crippen molar-refractivity contribution in [1.29, 1.82) is 0 Å². The van der Waals surface area contributed by atoms with E-state index in [0.717, 1.165) is 11.1 Å². The van der Waals surface area contributed by atoms with Gasteiger partial charge in [0.05, 0.1) is 6.54 Å². The summed E-state index contributed by atoms with van der Waals surface area (Å²) in [6, 6.07) is 7.72. The number of rotatable bonds is 7. The number of nitrogens with zero attached hydrogens (tertiary/aromatic N) is 6. The van der Waals surface area contributed by atoms with Crippen LogP contribution in [0.25, 0.3) is 11.4 Å². The van der Waals surface area contributed by atoms with Gasteiger partial charge in [-0.2, -0.15) is 4.80 Å². The number of carbonyl (C=O) groups is 2. The largest absolute Gasteiger partial charge is 0.342 e. The molecule has 8 nitrogen and oxygen atoms in total. The molecular formula is C17H24N6O2. The van der Waals surface area contributed by atoms with Crippen LogP contribution in [0.3, 0.4) is 0 Å². The molecule has 134 valence electrons. The normalized spacial score (nSPS) is 10.6. The average Bonchev–Trinajstić information content (AvgIpc) is 3.04. The lowest BCUT2D eigenvalue weighted by Gasteiger charge is -2.23. The first-order valence-corrected chi connectivity index (χ1v) is 8.31. The molecule has 0 saturated carbocycles. The average molecular weight is 344 g/mol. The monoisotopic (exact) mass is 344 g/mol. The van der Waals surface area contributed by atoms with Crippen molar-refractivity contribution in [1.82, 2.24) is 30.0 Å². The molecule has 0 spiro atoms. The van der Waals surface area contributed by atoms with Gasteiger partial charge >= 0.3 is 0 Å². The zero-order chi connectivity index (χ0) is 18.4. The highest BCUT2D eigenvalue weighted by Gasteiger charge is 2.18. The van der Waals surface area contributed by atoms with Gasteiger partial charge in [0.2, 0.25) is 17.6 Å². The molecule has 0 atom stereocenters. The number of aromatic nitrogens is 4. The topological polar surface area (TPSA) is 84.2 Å². The second-order valence-corrected chi connectivity index (χ2v) is 5.77. The highest BCUT2D eigenvalue weighted by molar-refractivity contribution is 5.84. The summed E-state index contributed by atoms with van der Waals surface area (Å²) in [5, 5.41) is 12.2. The van der Waals surface area contributed by atoms with E-state index in [1.54, 1.807) is 11.9 Å². The fourth-order valence-electron chi connectivity index (χ4n) is 2.45. The Bertz CT molecular complexity index is 738. The fourth-order valence-corrected chi connectivity index (χ4v) is 2.45. The van der Waals surface area contributed by atoms with Crippen molar-refractivity contribution in [2.24, 2.45) is 0 Å². The highest BCUT2D eigenvalue weighted by atomic mass is 16.2. The molecule has 0 fully saturated rings. The molecule has 0 radical (unpaired) electrons. The molecule has 1 heterocycles. The van der Waals surface area contributed by atoms with E-state index < -0.39 is 0 Å². The van der Waals surface area contributed by atoms with E-state index in [9.17, 15) is 9.59 Å². The summed E-state index contributed by atoms with van der Waals surface area (Å²) in [4.78, 5) is 28.7. The van der Waals surface area contributed by atoms with Crippen LogP contribution in [0.5, 0.6) is 0 Å². The molecule has 2 amide bonds. The zero-order valence-electron chi connectivity index (χ0n) is 15.1. The maximum Gasteiger partial charge on any atom is 0.246 e. The van der Waals surface area contributed by atoms with Crippen LogP contribution in [-0.2, 0) is 16.1 Å². The summed E-state index contributed by atoms with van der Waals surface area (Å²) in [5.74, 6) is 0.162. The molecule has 8 heteroatoms. The second kappa shape index (κ2) is 8.36. The molecule has 25 heavy (non-hydrogen) atoms. The van der Waals surface area contributed by atoms with Crippen molar-refractivity contribution in [3.05, 3.63) is 29.8 Å². The van der Waals surface area contributed by atoms with Crippen molar-refractivity contribution in [2.75, 3.05) is 26.7 Å². The SMILES string of the molecule is CCN(CC)C(=O)CN(C)C(=O)Cn1nnc(-c2ccccc2C)n1. The lowest BCUT2D eigenvalue weighted by molar-refractivity contribution is -0.139. The van der Waals surface area contributed by atoms with Gasteiger partial charge in [0.15, 0.2) is 0 Å². The Labute approximate surface area is 147 Å². The van der Waals surface area contributed by atoms with Crippen LogP contribution in [0, 0.1) is 6.92 Å². The van der Waals surface area contributed by atoms with Gasteiger partial charge in [-0.25, -0.2) is 0 Å². The lowest BCUT2D eigenvalue weighted by atomic mass is 10.1. The van der Waals surface area contributed by atoms with Crippen molar-refractivity contribution in [3.63, 3.8) is 0 Å². The van der Waals surface area contributed by atoms with Gasteiger partial charge in [-0.1, -0.05) is 24.3 Å². The van der Waals surface area contributed by atoms with Gasteiger partial charge < -0.3 is 9.80 Å². The highest BCUT2D eigenvalue weighted by Crippen LogP contribution is 2.17. The molecule has 2 aromatic rings. The predicted molar refractivity (Wildman–Crippen MR) is 93.6 cm³/mol. The van der Waals surface area contributed by atoms with Gasteiger partial charge in [-0.05, 0) is 31.5 Å². The third kappa shape index (κ3) is 4.62. The Kier molecular flexibility index (Phi) is 6.21. The summed E-state index contributed by atoms with van der Waals surface area (Å²) in [6.07, 6.45) is 0. The third-order valence-corrected chi connectivity index (χ3v) is 4.03.